The lowest BCUT2D eigenvalue weighted by Gasteiger charge is -2.04. The third kappa shape index (κ3) is 3.51. The third-order valence-corrected chi connectivity index (χ3v) is 4.00. The number of benzene rings is 1. The highest BCUT2D eigenvalue weighted by atomic mass is 32.1. The Bertz CT molecular complexity index is 770. The van der Waals surface area contributed by atoms with Gasteiger partial charge < -0.3 is 4.74 Å². The summed E-state index contributed by atoms with van der Waals surface area (Å²) in [6.07, 6.45) is 0.961. The number of hydrogen-bond acceptors (Lipinski definition) is 5. The van der Waals surface area contributed by atoms with Crippen LogP contribution >= 0.6 is 11.3 Å². The van der Waals surface area contributed by atoms with Gasteiger partial charge in [-0.15, -0.1) is 0 Å². The lowest BCUT2D eigenvalue weighted by atomic mass is 10.2. The van der Waals surface area contributed by atoms with Gasteiger partial charge >= 0.3 is 5.97 Å². The molecule has 0 radical (unpaired) electrons. The van der Waals surface area contributed by atoms with Crippen molar-refractivity contribution >= 4 is 28.9 Å². The second-order valence-electron chi connectivity index (χ2n) is 4.83. The van der Waals surface area contributed by atoms with E-state index in [2.05, 4.69) is 11.9 Å². The monoisotopic (exact) mass is 318 g/mol. The Labute approximate surface area is 132 Å². The van der Waals surface area contributed by atoms with Crippen molar-refractivity contribution in [1.29, 1.82) is 0 Å². The molecule has 0 spiro atoms. The third-order valence-electron chi connectivity index (χ3n) is 3.06. The molecule has 0 bridgehead atoms. The fourth-order valence-electron chi connectivity index (χ4n) is 1.99. The summed E-state index contributed by atoms with van der Waals surface area (Å²) in [7, 11) is 0. The molecular weight excluding hydrogens is 300 g/mol. The highest BCUT2D eigenvalue weighted by molar-refractivity contribution is 7.09. The molecule has 0 saturated heterocycles. The van der Waals surface area contributed by atoms with Crippen molar-refractivity contribution in [2.75, 3.05) is 0 Å². The van der Waals surface area contributed by atoms with E-state index in [-0.39, 0.29) is 11.8 Å². The van der Waals surface area contributed by atoms with Crippen LogP contribution in [-0.2, 0) is 11.2 Å². The summed E-state index contributed by atoms with van der Waals surface area (Å²) < 4.78 is 6.47. The normalized spacial score (nSPS) is 11.5. The van der Waals surface area contributed by atoms with Crippen LogP contribution in [0.25, 0.3) is 0 Å². The maximum atomic E-state index is 11.9. The van der Waals surface area contributed by atoms with Gasteiger partial charge in [-0.1, -0.05) is 30.4 Å². The van der Waals surface area contributed by atoms with Crippen molar-refractivity contribution in [1.82, 2.24) is 4.57 Å². The topological polar surface area (TPSA) is 60.7 Å². The maximum absolute atomic E-state index is 11.9. The van der Waals surface area contributed by atoms with E-state index in [1.54, 1.807) is 6.92 Å². The summed E-state index contributed by atoms with van der Waals surface area (Å²) in [6, 6.07) is 7.82. The van der Waals surface area contributed by atoms with Crippen molar-refractivity contribution in [3.8, 4) is 5.88 Å². The van der Waals surface area contributed by atoms with Crippen molar-refractivity contribution in [3.05, 3.63) is 39.5 Å². The van der Waals surface area contributed by atoms with Crippen molar-refractivity contribution in [2.24, 2.45) is 4.99 Å². The van der Waals surface area contributed by atoms with E-state index >= 15 is 0 Å². The summed E-state index contributed by atoms with van der Waals surface area (Å²) in [6.45, 7) is 6.60. The van der Waals surface area contributed by atoms with Gasteiger partial charge in [-0.3, -0.25) is 9.59 Å². The Morgan fingerprint density at radius 1 is 1.23 bits per heavy atom. The summed E-state index contributed by atoms with van der Waals surface area (Å²) in [5.74, 6) is -0.465. The van der Waals surface area contributed by atoms with Crippen LogP contribution in [0.1, 0.15) is 36.0 Å². The van der Waals surface area contributed by atoms with E-state index < -0.39 is 5.97 Å². The fraction of sp³-hybridized carbons (Fsp3) is 0.312. The molecular formula is C16H18N2O3S. The van der Waals surface area contributed by atoms with Crippen LogP contribution in [0.15, 0.2) is 29.3 Å². The van der Waals surface area contributed by atoms with Gasteiger partial charge in [0.2, 0.25) is 11.8 Å². The largest absolute Gasteiger partial charge is 0.408 e. The molecule has 2 aromatic rings. The zero-order chi connectivity index (χ0) is 16.3. The van der Waals surface area contributed by atoms with E-state index in [0.717, 1.165) is 17.0 Å². The van der Waals surface area contributed by atoms with E-state index in [9.17, 15) is 9.59 Å². The number of hydrogen-bond donors (Lipinski definition) is 0. The van der Waals surface area contributed by atoms with Crippen LogP contribution in [0.4, 0.5) is 5.69 Å². The minimum Gasteiger partial charge on any atom is -0.408 e. The molecule has 1 heterocycles. The molecule has 22 heavy (non-hydrogen) atoms. The molecule has 6 heteroatoms. The molecule has 0 unspecified atom stereocenters. The minimum atomic E-state index is -0.463. The molecule has 0 amide bonds. The van der Waals surface area contributed by atoms with E-state index in [1.807, 2.05) is 24.3 Å². The molecule has 0 aliphatic heterocycles. The van der Waals surface area contributed by atoms with Crippen LogP contribution in [0.2, 0.25) is 0 Å². The molecule has 0 atom stereocenters. The lowest BCUT2D eigenvalue weighted by Crippen LogP contribution is -2.22. The number of rotatable bonds is 3. The number of carbonyl (C=O) groups is 2. The van der Waals surface area contributed by atoms with E-state index in [4.69, 9.17) is 4.74 Å². The van der Waals surface area contributed by atoms with Gasteiger partial charge in [-0.2, -0.15) is 0 Å². The zero-order valence-corrected chi connectivity index (χ0v) is 13.9. The first-order chi connectivity index (χ1) is 10.4. The second kappa shape index (κ2) is 6.70. The number of esters is 1. The standard InChI is InChI=1S/C16H18N2O3S/c1-5-13-6-8-14(9-7-13)17-16-18(11(3)19)15(10(2)22-16)21-12(4)20/h6-9H,5H2,1-4H3. The number of ether oxygens (including phenoxy) is 1. The molecule has 0 N–H and O–H groups in total. The molecule has 0 saturated carbocycles. The van der Waals surface area contributed by atoms with Gasteiger partial charge in [-0.05, 0) is 31.0 Å². The fourth-order valence-corrected chi connectivity index (χ4v) is 2.94. The Balaban J connectivity index is 2.56. The highest BCUT2D eigenvalue weighted by Gasteiger charge is 2.17. The van der Waals surface area contributed by atoms with Gasteiger partial charge in [-0.25, -0.2) is 9.56 Å². The Hall–Kier alpha value is -2.21. The van der Waals surface area contributed by atoms with E-state index in [0.29, 0.717) is 4.80 Å². The van der Waals surface area contributed by atoms with Gasteiger partial charge in [0.15, 0.2) is 4.80 Å². The van der Waals surface area contributed by atoms with Gasteiger partial charge in [0.05, 0.1) is 10.6 Å². The molecule has 0 aliphatic carbocycles. The lowest BCUT2D eigenvalue weighted by molar-refractivity contribution is -0.132. The van der Waals surface area contributed by atoms with Crippen LogP contribution in [0, 0.1) is 6.92 Å². The summed E-state index contributed by atoms with van der Waals surface area (Å²) in [5, 5.41) is 0. The summed E-state index contributed by atoms with van der Waals surface area (Å²) in [4.78, 5) is 28.8. The van der Waals surface area contributed by atoms with Gasteiger partial charge in [0.25, 0.3) is 0 Å². The first kappa shape index (κ1) is 16.2. The average molecular weight is 318 g/mol. The molecule has 2 rings (SSSR count). The highest BCUT2D eigenvalue weighted by Crippen LogP contribution is 2.22. The Morgan fingerprint density at radius 2 is 1.86 bits per heavy atom. The van der Waals surface area contributed by atoms with Crippen molar-refractivity contribution in [2.45, 2.75) is 34.1 Å². The number of thiazole rings is 1. The SMILES string of the molecule is CCc1ccc(N=c2sc(C)c(OC(C)=O)n2C(C)=O)cc1. The second-order valence-corrected chi connectivity index (χ2v) is 6.01. The number of nitrogens with zero attached hydrogens (tertiary/aromatic N) is 2. The molecule has 5 nitrogen and oxygen atoms in total. The van der Waals surface area contributed by atoms with E-state index in [1.165, 1.54) is 35.3 Å². The number of aromatic nitrogens is 1. The molecule has 0 aliphatic rings. The predicted molar refractivity (Wildman–Crippen MR) is 85.7 cm³/mol. The zero-order valence-electron chi connectivity index (χ0n) is 13.0. The molecule has 1 aromatic carbocycles. The van der Waals surface area contributed by atoms with Crippen molar-refractivity contribution < 1.29 is 14.3 Å². The Morgan fingerprint density at radius 3 is 2.36 bits per heavy atom. The molecule has 1 aromatic heterocycles. The van der Waals surface area contributed by atoms with Crippen molar-refractivity contribution in [3.63, 3.8) is 0 Å². The Kier molecular flexibility index (Phi) is 4.92. The molecule has 0 fully saturated rings. The maximum Gasteiger partial charge on any atom is 0.309 e. The number of carbonyl (C=O) groups excluding carboxylic acids is 2. The van der Waals surface area contributed by atoms with Crippen LogP contribution in [0.5, 0.6) is 5.88 Å². The summed E-state index contributed by atoms with van der Waals surface area (Å²) in [5.41, 5.74) is 1.98. The first-order valence-electron chi connectivity index (χ1n) is 6.97. The molecule has 116 valence electrons. The smallest absolute Gasteiger partial charge is 0.309 e. The minimum absolute atomic E-state index is 0.244. The predicted octanol–water partition coefficient (Wildman–Crippen LogP) is 3.24. The van der Waals surface area contributed by atoms with Crippen LogP contribution in [0.3, 0.4) is 0 Å². The van der Waals surface area contributed by atoms with Crippen LogP contribution < -0.4 is 9.54 Å². The summed E-state index contributed by atoms with van der Waals surface area (Å²) >= 11 is 1.31. The van der Waals surface area contributed by atoms with Crippen LogP contribution in [-0.4, -0.2) is 16.4 Å². The quantitative estimate of drug-likeness (QED) is 0.816. The van der Waals surface area contributed by atoms with Gasteiger partial charge in [0, 0.05) is 13.8 Å². The van der Waals surface area contributed by atoms with Gasteiger partial charge in [0.1, 0.15) is 0 Å². The average Bonchev–Trinajstić information content (AvgIpc) is 2.75. The number of aryl methyl sites for hydroxylation is 2. The first-order valence-corrected chi connectivity index (χ1v) is 7.79.